The third-order valence-electron chi connectivity index (χ3n) is 3.09. The number of aromatic nitrogens is 1. The fraction of sp³-hybridized carbons (Fsp3) is 0. The van der Waals surface area contributed by atoms with Crippen molar-refractivity contribution in [1.29, 1.82) is 0 Å². The van der Waals surface area contributed by atoms with E-state index in [1.54, 1.807) is 24.5 Å². The van der Waals surface area contributed by atoms with Gasteiger partial charge in [-0.2, -0.15) is 0 Å². The number of anilines is 1. The van der Waals surface area contributed by atoms with Crippen LogP contribution in [0.15, 0.2) is 53.7 Å². The zero-order valence-electron chi connectivity index (χ0n) is 11.6. The summed E-state index contributed by atoms with van der Waals surface area (Å²) in [6.07, 6.45) is 5.02. The Morgan fingerprint density at radius 3 is 2.61 bits per heavy atom. The van der Waals surface area contributed by atoms with E-state index in [0.29, 0.717) is 14.9 Å². The molecule has 1 saturated heterocycles. The van der Waals surface area contributed by atoms with E-state index in [9.17, 15) is 14.9 Å². The van der Waals surface area contributed by atoms with Crippen LogP contribution in [-0.2, 0) is 4.79 Å². The van der Waals surface area contributed by atoms with Crippen molar-refractivity contribution in [2.75, 3.05) is 4.90 Å². The number of carbonyl (C=O) groups excluding carboxylic acids is 1. The second kappa shape index (κ2) is 6.27. The number of pyridine rings is 1. The third-order valence-corrected chi connectivity index (χ3v) is 4.40. The molecule has 2 heterocycles. The quantitative estimate of drug-likeness (QED) is 0.368. The maximum Gasteiger partial charge on any atom is 0.270 e. The van der Waals surface area contributed by atoms with Crippen molar-refractivity contribution in [2.24, 2.45) is 0 Å². The Morgan fingerprint density at radius 2 is 2.00 bits per heavy atom. The Morgan fingerprint density at radius 1 is 1.26 bits per heavy atom. The van der Waals surface area contributed by atoms with Gasteiger partial charge in [0.1, 0.15) is 0 Å². The molecule has 1 aliphatic heterocycles. The van der Waals surface area contributed by atoms with Gasteiger partial charge < -0.3 is 0 Å². The Hall–Kier alpha value is -2.58. The lowest BCUT2D eigenvalue weighted by atomic mass is 10.2. The summed E-state index contributed by atoms with van der Waals surface area (Å²) in [5, 5.41) is 10.7. The van der Waals surface area contributed by atoms with Crippen molar-refractivity contribution in [3.63, 3.8) is 0 Å². The minimum atomic E-state index is -0.490. The molecule has 1 aromatic carbocycles. The van der Waals surface area contributed by atoms with E-state index in [4.69, 9.17) is 12.2 Å². The van der Waals surface area contributed by atoms with E-state index in [0.717, 1.165) is 5.56 Å². The molecule has 114 valence electrons. The number of thiocarbonyl (C=S) groups is 1. The number of nitro benzene ring substituents is 1. The van der Waals surface area contributed by atoms with Crippen molar-refractivity contribution < 1.29 is 9.72 Å². The summed E-state index contributed by atoms with van der Waals surface area (Å²) in [7, 11) is 0. The largest absolute Gasteiger partial charge is 0.270 e. The molecule has 0 unspecified atom stereocenters. The van der Waals surface area contributed by atoms with E-state index in [2.05, 4.69) is 4.98 Å². The van der Waals surface area contributed by atoms with Crippen molar-refractivity contribution in [1.82, 2.24) is 4.98 Å². The van der Waals surface area contributed by atoms with Gasteiger partial charge in [-0.05, 0) is 29.8 Å². The van der Waals surface area contributed by atoms with Crippen molar-refractivity contribution >= 4 is 51.7 Å². The van der Waals surface area contributed by atoms with Crippen LogP contribution in [0, 0.1) is 10.1 Å². The van der Waals surface area contributed by atoms with Gasteiger partial charge in [-0.1, -0.05) is 30.0 Å². The Kier molecular flexibility index (Phi) is 4.18. The van der Waals surface area contributed by atoms with E-state index >= 15 is 0 Å². The summed E-state index contributed by atoms with van der Waals surface area (Å²) < 4.78 is 0.388. The van der Waals surface area contributed by atoms with Gasteiger partial charge in [-0.3, -0.25) is 24.8 Å². The number of nitrogens with zero attached hydrogens (tertiary/aromatic N) is 3. The first-order valence-electron chi connectivity index (χ1n) is 6.49. The molecule has 8 heteroatoms. The maximum absolute atomic E-state index is 12.5. The van der Waals surface area contributed by atoms with E-state index in [-0.39, 0.29) is 11.6 Å². The Bertz CT molecular complexity index is 820. The van der Waals surface area contributed by atoms with Gasteiger partial charge in [-0.25, -0.2) is 0 Å². The standard InChI is InChI=1S/C15H9N3O3S2/c19-14-13(8-10-2-1-7-16-9-10)23-15(22)17(14)11-3-5-12(6-4-11)18(20)21/h1-9H. The van der Waals surface area contributed by atoms with E-state index in [1.165, 1.54) is 40.9 Å². The first kappa shape index (κ1) is 15.3. The van der Waals surface area contributed by atoms with Crippen LogP contribution in [0.25, 0.3) is 6.08 Å². The van der Waals surface area contributed by atoms with E-state index < -0.39 is 4.92 Å². The zero-order chi connectivity index (χ0) is 16.4. The molecule has 2 aromatic rings. The van der Waals surface area contributed by atoms with Crippen molar-refractivity contribution in [3.05, 3.63) is 69.4 Å². The van der Waals surface area contributed by atoms with Crippen LogP contribution in [0.2, 0.25) is 0 Å². The lowest BCUT2D eigenvalue weighted by Gasteiger charge is -2.13. The Labute approximate surface area is 141 Å². The van der Waals surface area contributed by atoms with E-state index in [1.807, 2.05) is 6.07 Å². The average molecular weight is 343 g/mol. The monoisotopic (exact) mass is 343 g/mol. The van der Waals surface area contributed by atoms with Gasteiger partial charge in [0.25, 0.3) is 11.6 Å². The minimum absolute atomic E-state index is 0.0370. The van der Waals surface area contributed by atoms with Crippen LogP contribution in [0.5, 0.6) is 0 Å². The molecule has 1 aliphatic rings. The summed E-state index contributed by atoms with van der Waals surface area (Å²) >= 11 is 6.44. The molecule has 1 fully saturated rings. The molecule has 23 heavy (non-hydrogen) atoms. The summed E-state index contributed by atoms with van der Waals surface area (Å²) in [5.41, 5.74) is 1.27. The first-order valence-corrected chi connectivity index (χ1v) is 7.71. The molecule has 3 rings (SSSR count). The highest BCUT2D eigenvalue weighted by atomic mass is 32.2. The number of hydrogen-bond donors (Lipinski definition) is 0. The number of hydrogen-bond acceptors (Lipinski definition) is 6. The van der Waals surface area contributed by atoms with Crippen LogP contribution in [0.3, 0.4) is 0 Å². The molecule has 0 aliphatic carbocycles. The molecule has 1 amide bonds. The summed E-state index contributed by atoms with van der Waals surface area (Å²) in [6.45, 7) is 0. The molecule has 6 nitrogen and oxygen atoms in total. The van der Waals surface area contributed by atoms with Gasteiger partial charge in [-0.15, -0.1) is 0 Å². The van der Waals surface area contributed by atoms with Gasteiger partial charge in [0.2, 0.25) is 0 Å². The zero-order valence-corrected chi connectivity index (χ0v) is 13.2. The lowest BCUT2D eigenvalue weighted by molar-refractivity contribution is -0.384. The number of amides is 1. The van der Waals surface area contributed by atoms with Crippen LogP contribution in [0.4, 0.5) is 11.4 Å². The number of non-ortho nitro benzene ring substituents is 1. The molecular weight excluding hydrogens is 334 g/mol. The van der Waals surface area contributed by atoms with Crippen molar-refractivity contribution in [3.8, 4) is 0 Å². The fourth-order valence-electron chi connectivity index (χ4n) is 2.03. The molecule has 0 spiro atoms. The molecule has 0 radical (unpaired) electrons. The van der Waals surface area contributed by atoms with Crippen LogP contribution < -0.4 is 4.90 Å². The summed E-state index contributed by atoms with van der Waals surface area (Å²) in [6, 6.07) is 9.33. The molecule has 0 saturated carbocycles. The molecular formula is C15H9N3O3S2. The smallest absolute Gasteiger partial charge is 0.268 e. The SMILES string of the molecule is O=C1C(=Cc2cccnc2)SC(=S)N1c1ccc([N+](=O)[O-])cc1. The first-order chi connectivity index (χ1) is 11.1. The molecule has 0 N–H and O–H groups in total. The van der Waals surface area contributed by atoms with Gasteiger partial charge in [0, 0.05) is 24.5 Å². The van der Waals surface area contributed by atoms with Crippen molar-refractivity contribution in [2.45, 2.75) is 0 Å². The average Bonchev–Trinajstić information content (AvgIpc) is 2.82. The topological polar surface area (TPSA) is 76.3 Å². The molecule has 1 aromatic heterocycles. The van der Waals surface area contributed by atoms with Gasteiger partial charge in [0.15, 0.2) is 4.32 Å². The number of carbonyl (C=O) groups is 1. The minimum Gasteiger partial charge on any atom is -0.268 e. The molecule has 0 bridgehead atoms. The number of nitro groups is 1. The normalized spacial score (nSPS) is 16.2. The molecule has 0 atom stereocenters. The number of rotatable bonds is 3. The van der Waals surface area contributed by atoms with Crippen LogP contribution in [0.1, 0.15) is 5.56 Å². The highest BCUT2D eigenvalue weighted by molar-refractivity contribution is 8.27. The summed E-state index contributed by atoms with van der Waals surface area (Å²) in [4.78, 5) is 28.6. The Balaban J connectivity index is 1.90. The highest BCUT2D eigenvalue weighted by Crippen LogP contribution is 2.36. The predicted octanol–water partition coefficient (Wildman–Crippen LogP) is 3.40. The summed E-state index contributed by atoms with van der Waals surface area (Å²) in [5.74, 6) is -0.252. The fourth-order valence-corrected chi connectivity index (χ4v) is 3.33. The second-order valence-electron chi connectivity index (χ2n) is 4.58. The van der Waals surface area contributed by atoms with Gasteiger partial charge >= 0.3 is 0 Å². The van der Waals surface area contributed by atoms with Crippen LogP contribution in [-0.4, -0.2) is 20.1 Å². The van der Waals surface area contributed by atoms with Crippen LogP contribution >= 0.6 is 24.0 Å². The maximum atomic E-state index is 12.5. The predicted molar refractivity (Wildman–Crippen MR) is 93.0 cm³/mol. The highest BCUT2D eigenvalue weighted by Gasteiger charge is 2.33. The number of benzene rings is 1. The van der Waals surface area contributed by atoms with Gasteiger partial charge in [0.05, 0.1) is 15.5 Å². The number of thioether (sulfide) groups is 1. The lowest BCUT2D eigenvalue weighted by Crippen LogP contribution is -2.27. The third kappa shape index (κ3) is 3.13. The second-order valence-corrected chi connectivity index (χ2v) is 6.25.